The second-order valence-electron chi connectivity index (χ2n) is 19.3. The average Bonchev–Trinajstić information content (AvgIpc) is 2.82. The van der Waals surface area contributed by atoms with Gasteiger partial charge in [0.2, 0.25) is 0 Å². The largest absolute Gasteiger partial charge is 0.507 e. The Morgan fingerprint density at radius 1 is 0.622 bits per heavy atom. The number of benzene rings is 2. The summed E-state index contributed by atoms with van der Waals surface area (Å²) in [5, 5.41) is 23.1. The molecule has 1 heterocycles. The van der Waals surface area contributed by atoms with Gasteiger partial charge in [0.1, 0.15) is 11.5 Å². The highest BCUT2D eigenvalue weighted by Gasteiger charge is 2.49. The van der Waals surface area contributed by atoms with Gasteiger partial charge in [-0.2, -0.15) is 0 Å². The van der Waals surface area contributed by atoms with E-state index in [1.807, 2.05) is 6.92 Å². The van der Waals surface area contributed by atoms with Gasteiger partial charge >= 0.3 is 0 Å². The number of phenolic OH excluding ortho intramolecular Hbond substituents is 2. The number of carbonyl (C=O) groups is 1. The average molecular weight is 620 g/mol. The molecule has 2 aromatic rings. The van der Waals surface area contributed by atoms with Gasteiger partial charge in [-0.15, -0.1) is 0 Å². The number of nitrogens with zero attached hydrogens (tertiary/aromatic N) is 1. The lowest BCUT2D eigenvalue weighted by molar-refractivity contribution is -0.137. The molecular formula is C41H65NO3. The third kappa shape index (κ3) is 7.47. The molecule has 1 saturated heterocycles. The molecule has 45 heavy (non-hydrogen) atoms. The highest BCUT2D eigenvalue weighted by molar-refractivity contribution is 5.92. The molecule has 2 unspecified atom stereocenters. The van der Waals surface area contributed by atoms with Gasteiger partial charge in [0.15, 0.2) is 5.78 Å². The molecule has 0 aromatic heterocycles. The van der Waals surface area contributed by atoms with Crippen LogP contribution in [-0.4, -0.2) is 32.0 Å². The highest BCUT2D eigenvalue weighted by Crippen LogP contribution is 2.49. The summed E-state index contributed by atoms with van der Waals surface area (Å²) in [5.74, 6) is 0.389. The van der Waals surface area contributed by atoms with Gasteiger partial charge in [0, 0.05) is 17.0 Å². The van der Waals surface area contributed by atoms with E-state index in [0.717, 1.165) is 52.6 Å². The zero-order chi connectivity index (χ0) is 34.9. The molecule has 2 aromatic carbocycles. The molecule has 0 radical (unpaired) electrons. The van der Waals surface area contributed by atoms with Gasteiger partial charge in [0.05, 0.1) is 6.04 Å². The summed E-state index contributed by atoms with van der Waals surface area (Å²) in [5.41, 5.74) is 3.73. The number of likely N-dealkylation sites (tertiary alicyclic amines) is 1. The van der Waals surface area contributed by atoms with Crippen molar-refractivity contribution in [2.24, 2.45) is 0 Å². The van der Waals surface area contributed by atoms with Crippen LogP contribution in [0.4, 0.5) is 0 Å². The lowest BCUT2D eigenvalue weighted by Gasteiger charge is -2.56. The molecule has 4 nitrogen and oxygen atoms in total. The number of ketones is 1. The molecule has 0 bridgehead atoms. The topological polar surface area (TPSA) is 60.8 Å². The van der Waals surface area contributed by atoms with Crippen LogP contribution >= 0.6 is 0 Å². The molecule has 1 aliphatic heterocycles. The summed E-state index contributed by atoms with van der Waals surface area (Å²) in [4.78, 5) is 17.9. The molecule has 3 rings (SSSR count). The minimum atomic E-state index is -0.516. The van der Waals surface area contributed by atoms with Crippen LogP contribution in [0.25, 0.3) is 0 Å². The van der Waals surface area contributed by atoms with Crippen molar-refractivity contribution in [1.82, 2.24) is 4.90 Å². The Kier molecular flexibility index (Phi) is 9.67. The number of phenols is 2. The maximum absolute atomic E-state index is 15.4. The molecule has 0 amide bonds. The number of Topliss-reactive ketones (excluding diaryl/α,β-unsaturated/α-hetero) is 1. The standard InChI is InChI=1S/C41H65NO3/c1-25(26-21-28(36(2,3)4)34(44)29(22-26)37(5,6)7)33(43)32(42-40(14,15)19-18-20-41(42,16)17)27-23-30(38(8,9)10)35(45)31(24-27)39(11,12)13/h21-25,32,44-45H,18-20H2,1-17H3. The summed E-state index contributed by atoms with van der Waals surface area (Å²) in [6.45, 7) is 36.6. The van der Waals surface area contributed by atoms with Crippen LogP contribution in [0, 0.1) is 0 Å². The smallest absolute Gasteiger partial charge is 0.161 e. The van der Waals surface area contributed by atoms with Crippen LogP contribution in [-0.2, 0) is 26.5 Å². The molecule has 2 N–H and O–H groups in total. The second-order valence-corrected chi connectivity index (χ2v) is 19.3. The SMILES string of the molecule is CC(C(=O)C(c1cc(C(C)(C)C)c(O)c(C(C)(C)C)c1)N1C(C)(C)CCCC1(C)C)c1cc(C(C)(C)C)c(O)c(C(C)(C)C)c1. The van der Waals surface area contributed by atoms with Crippen molar-refractivity contribution in [3.63, 3.8) is 0 Å². The van der Waals surface area contributed by atoms with Crippen LogP contribution in [0.2, 0.25) is 0 Å². The molecule has 4 heteroatoms. The van der Waals surface area contributed by atoms with E-state index in [-0.39, 0.29) is 38.5 Å². The van der Waals surface area contributed by atoms with Gasteiger partial charge < -0.3 is 10.2 Å². The first-order chi connectivity index (χ1) is 20.0. The first-order valence-electron chi connectivity index (χ1n) is 17.1. The van der Waals surface area contributed by atoms with Crippen molar-refractivity contribution >= 4 is 5.78 Å². The number of carbonyl (C=O) groups excluding carboxylic acids is 1. The van der Waals surface area contributed by atoms with Crippen molar-refractivity contribution in [3.05, 3.63) is 57.6 Å². The highest BCUT2D eigenvalue weighted by atomic mass is 16.3. The Morgan fingerprint density at radius 2 is 0.911 bits per heavy atom. The van der Waals surface area contributed by atoms with E-state index < -0.39 is 12.0 Å². The number of aromatic hydroxyl groups is 2. The first-order valence-corrected chi connectivity index (χ1v) is 17.1. The predicted octanol–water partition coefficient (Wildman–Crippen LogP) is 10.7. The van der Waals surface area contributed by atoms with Crippen LogP contribution < -0.4 is 0 Å². The Balaban J connectivity index is 2.42. The molecular weight excluding hydrogens is 554 g/mol. The summed E-state index contributed by atoms with van der Waals surface area (Å²) in [7, 11) is 0. The van der Waals surface area contributed by atoms with Crippen molar-refractivity contribution in [2.45, 2.75) is 182 Å². The van der Waals surface area contributed by atoms with E-state index in [9.17, 15) is 10.2 Å². The minimum Gasteiger partial charge on any atom is -0.507 e. The van der Waals surface area contributed by atoms with Crippen molar-refractivity contribution < 1.29 is 15.0 Å². The first kappa shape index (κ1) is 37.1. The number of hydrogen-bond donors (Lipinski definition) is 2. The van der Waals surface area contributed by atoms with Crippen molar-refractivity contribution in [3.8, 4) is 11.5 Å². The maximum atomic E-state index is 15.4. The second kappa shape index (κ2) is 11.7. The van der Waals surface area contributed by atoms with E-state index in [1.165, 1.54) is 0 Å². The summed E-state index contributed by atoms with van der Waals surface area (Å²) >= 11 is 0. The quantitative estimate of drug-likeness (QED) is 0.349. The third-order valence-electron chi connectivity index (χ3n) is 10.1. The Labute approximate surface area is 276 Å². The summed E-state index contributed by atoms with van der Waals surface area (Å²) in [6, 6.07) is 7.83. The zero-order valence-electron chi connectivity index (χ0n) is 31.8. The Hall–Kier alpha value is -2.33. The van der Waals surface area contributed by atoms with Crippen molar-refractivity contribution in [1.29, 1.82) is 0 Å². The van der Waals surface area contributed by atoms with Crippen LogP contribution in [0.5, 0.6) is 11.5 Å². The monoisotopic (exact) mass is 619 g/mol. The Bertz CT molecular complexity index is 1330. The summed E-state index contributed by atoms with van der Waals surface area (Å²) in [6.07, 6.45) is 3.13. The number of rotatable bonds is 5. The fraction of sp³-hybridized carbons (Fsp3) is 0.683. The Morgan fingerprint density at radius 3 is 1.20 bits per heavy atom. The molecule has 0 saturated carbocycles. The third-order valence-corrected chi connectivity index (χ3v) is 10.1. The molecule has 2 atom stereocenters. The lowest BCUT2D eigenvalue weighted by atomic mass is 9.72. The predicted molar refractivity (Wildman–Crippen MR) is 191 cm³/mol. The van der Waals surface area contributed by atoms with Gasteiger partial charge in [0.25, 0.3) is 0 Å². The number of piperidine rings is 1. The van der Waals surface area contributed by atoms with Gasteiger partial charge in [-0.25, -0.2) is 0 Å². The molecule has 252 valence electrons. The fourth-order valence-electron chi connectivity index (χ4n) is 7.56. The molecule has 1 aliphatic rings. The molecule has 0 spiro atoms. The maximum Gasteiger partial charge on any atom is 0.161 e. The van der Waals surface area contributed by atoms with Gasteiger partial charge in [-0.3, -0.25) is 9.69 Å². The molecule has 0 aliphatic carbocycles. The van der Waals surface area contributed by atoms with Crippen LogP contribution in [0.1, 0.15) is 182 Å². The van der Waals surface area contributed by atoms with E-state index in [0.29, 0.717) is 11.5 Å². The fourth-order valence-corrected chi connectivity index (χ4v) is 7.56. The van der Waals surface area contributed by atoms with E-state index >= 15 is 4.79 Å². The van der Waals surface area contributed by atoms with Crippen LogP contribution in [0.3, 0.4) is 0 Å². The van der Waals surface area contributed by atoms with E-state index in [1.54, 1.807) is 0 Å². The zero-order valence-corrected chi connectivity index (χ0v) is 31.8. The number of hydrogen-bond acceptors (Lipinski definition) is 4. The summed E-state index contributed by atoms with van der Waals surface area (Å²) < 4.78 is 0. The van der Waals surface area contributed by atoms with Gasteiger partial charge in [-0.1, -0.05) is 102 Å². The van der Waals surface area contributed by atoms with Gasteiger partial charge in [-0.05, 0) is 114 Å². The van der Waals surface area contributed by atoms with E-state index in [4.69, 9.17) is 0 Å². The molecule has 1 fully saturated rings. The normalized spacial score (nSPS) is 19.3. The lowest BCUT2D eigenvalue weighted by Crippen LogP contribution is -2.61. The van der Waals surface area contributed by atoms with Crippen LogP contribution in [0.15, 0.2) is 24.3 Å². The van der Waals surface area contributed by atoms with Crippen molar-refractivity contribution in [2.75, 3.05) is 0 Å². The minimum absolute atomic E-state index is 0.147. The van der Waals surface area contributed by atoms with E-state index in [2.05, 4.69) is 140 Å².